The van der Waals surface area contributed by atoms with Gasteiger partial charge < -0.3 is 15.4 Å². The predicted molar refractivity (Wildman–Crippen MR) is 113 cm³/mol. The molecule has 2 rings (SSSR count). The van der Waals surface area contributed by atoms with Gasteiger partial charge in [-0.3, -0.25) is 14.5 Å². The van der Waals surface area contributed by atoms with Crippen LogP contribution < -0.4 is 10.6 Å². The second-order valence-corrected chi connectivity index (χ2v) is 6.74. The van der Waals surface area contributed by atoms with E-state index in [9.17, 15) is 9.59 Å². The van der Waals surface area contributed by atoms with Gasteiger partial charge in [-0.2, -0.15) is 5.26 Å². The topological polar surface area (TPSA) is 94.5 Å². The van der Waals surface area contributed by atoms with Crippen LogP contribution in [-0.4, -0.2) is 50.1 Å². The lowest BCUT2D eigenvalue weighted by molar-refractivity contribution is -0.120. The quantitative estimate of drug-likeness (QED) is 0.682. The zero-order valence-corrected chi connectivity index (χ0v) is 17.0. The number of aryl methyl sites for hydroxylation is 1. The molecular weight excluding hydrogens is 368 g/mol. The number of ether oxygens (including phenoxy) is 1. The van der Waals surface area contributed by atoms with Gasteiger partial charge in [-0.1, -0.05) is 18.2 Å². The molecule has 0 spiro atoms. The van der Waals surface area contributed by atoms with E-state index in [1.165, 1.54) is 0 Å². The first-order chi connectivity index (χ1) is 13.9. The molecule has 7 heteroatoms. The summed E-state index contributed by atoms with van der Waals surface area (Å²) < 4.78 is 5.10. The van der Waals surface area contributed by atoms with Gasteiger partial charge in [0.25, 0.3) is 0 Å². The molecule has 2 N–H and O–H groups in total. The van der Waals surface area contributed by atoms with Crippen LogP contribution in [0, 0.1) is 25.2 Å². The summed E-state index contributed by atoms with van der Waals surface area (Å²) >= 11 is 0. The van der Waals surface area contributed by atoms with Crippen molar-refractivity contribution < 1.29 is 14.3 Å². The highest BCUT2D eigenvalue weighted by molar-refractivity contribution is 5.95. The van der Waals surface area contributed by atoms with Crippen LogP contribution in [-0.2, 0) is 14.3 Å². The molecule has 29 heavy (non-hydrogen) atoms. The molecule has 0 aliphatic rings. The highest BCUT2D eigenvalue weighted by Gasteiger charge is 2.16. The largest absolute Gasteiger partial charge is 0.383 e. The molecule has 0 atom stereocenters. The zero-order valence-electron chi connectivity index (χ0n) is 17.0. The Morgan fingerprint density at radius 1 is 1.07 bits per heavy atom. The number of benzene rings is 2. The van der Waals surface area contributed by atoms with E-state index in [1.54, 1.807) is 36.3 Å². The molecule has 0 heterocycles. The monoisotopic (exact) mass is 394 g/mol. The van der Waals surface area contributed by atoms with Gasteiger partial charge in [0.05, 0.1) is 31.3 Å². The maximum Gasteiger partial charge on any atom is 0.238 e. The molecule has 7 nitrogen and oxygen atoms in total. The van der Waals surface area contributed by atoms with E-state index in [0.29, 0.717) is 24.4 Å². The maximum atomic E-state index is 12.5. The van der Waals surface area contributed by atoms with Crippen LogP contribution in [0.2, 0.25) is 0 Å². The van der Waals surface area contributed by atoms with Crippen molar-refractivity contribution >= 4 is 23.2 Å². The first-order valence-electron chi connectivity index (χ1n) is 9.30. The van der Waals surface area contributed by atoms with E-state index >= 15 is 0 Å². The Kier molecular flexibility index (Phi) is 8.34. The van der Waals surface area contributed by atoms with E-state index in [1.807, 2.05) is 38.1 Å². The lowest BCUT2D eigenvalue weighted by Crippen LogP contribution is -2.40. The molecule has 152 valence electrons. The molecule has 2 aromatic carbocycles. The Morgan fingerprint density at radius 3 is 2.45 bits per heavy atom. The zero-order chi connectivity index (χ0) is 21.2. The normalized spacial score (nSPS) is 10.4. The molecule has 0 unspecified atom stereocenters. The third kappa shape index (κ3) is 7.03. The summed E-state index contributed by atoms with van der Waals surface area (Å²) in [5, 5.41) is 14.6. The van der Waals surface area contributed by atoms with E-state index in [-0.39, 0.29) is 24.9 Å². The minimum atomic E-state index is -0.268. The van der Waals surface area contributed by atoms with Crippen LogP contribution in [0.3, 0.4) is 0 Å². The number of rotatable bonds is 9. The molecule has 0 radical (unpaired) electrons. The van der Waals surface area contributed by atoms with Crippen LogP contribution in [0.15, 0.2) is 42.5 Å². The third-order valence-electron chi connectivity index (χ3n) is 4.50. The summed E-state index contributed by atoms with van der Waals surface area (Å²) in [5.41, 5.74) is 3.88. The van der Waals surface area contributed by atoms with E-state index < -0.39 is 0 Å². The van der Waals surface area contributed by atoms with Gasteiger partial charge in [-0.25, -0.2) is 0 Å². The maximum absolute atomic E-state index is 12.5. The number of amides is 2. The molecule has 2 aromatic rings. The molecule has 0 bridgehead atoms. The third-order valence-corrected chi connectivity index (χ3v) is 4.50. The first kappa shape index (κ1) is 22.1. The van der Waals surface area contributed by atoms with Gasteiger partial charge in [0.1, 0.15) is 0 Å². The van der Waals surface area contributed by atoms with Crippen molar-refractivity contribution in [2.24, 2.45) is 0 Å². The van der Waals surface area contributed by atoms with Gasteiger partial charge in [0.15, 0.2) is 0 Å². The minimum absolute atomic E-state index is 0.0281. The number of anilines is 2. The van der Waals surface area contributed by atoms with Crippen LogP contribution in [0.4, 0.5) is 11.4 Å². The summed E-state index contributed by atoms with van der Waals surface area (Å²) in [6.45, 7) is 4.86. The fraction of sp³-hybridized carbons (Fsp3) is 0.318. The Bertz CT molecular complexity index is 905. The lowest BCUT2D eigenvalue weighted by atomic mass is 10.1. The van der Waals surface area contributed by atoms with Crippen LogP contribution >= 0.6 is 0 Å². The molecule has 2 amide bonds. The Hall–Kier alpha value is -3.21. The highest BCUT2D eigenvalue weighted by atomic mass is 16.5. The Morgan fingerprint density at radius 2 is 1.76 bits per heavy atom. The summed E-state index contributed by atoms with van der Waals surface area (Å²) in [7, 11) is 1.57. The summed E-state index contributed by atoms with van der Waals surface area (Å²) in [6.07, 6.45) is 0. The first-order valence-corrected chi connectivity index (χ1v) is 9.30. The summed E-state index contributed by atoms with van der Waals surface area (Å²) in [6, 6.07) is 14.5. The number of methoxy groups -OCH3 is 1. The number of nitrogens with one attached hydrogen (secondary N) is 2. The highest BCUT2D eigenvalue weighted by Crippen LogP contribution is 2.17. The number of hydrogen-bond acceptors (Lipinski definition) is 5. The molecule has 0 aromatic heterocycles. The standard InChI is InChI=1S/C22H26N4O3/c1-16-6-4-9-20(17(16)2)25-22(28)15-26(10-11-29-3)14-21(27)24-19-8-5-7-18(12-19)13-23/h4-9,12H,10-11,14-15H2,1-3H3,(H,24,27)(H,25,28). The number of nitriles is 1. The van der Waals surface area contributed by atoms with Gasteiger partial charge in [0.2, 0.25) is 11.8 Å². The van der Waals surface area contributed by atoms with Crippen LogP contribution in [0.25, 0.3) is 0 Å². The SMILES string of the molecule is COCCN(CC(=O)Nc1cccc(C#N)c1)CC(=O)Nc1cccc(C)c1C. The molecule has 0 fully saturated rings. The fourth-order valence-electron chi connectivity index (χ4n) is 2.78. The molecular formula is C22H26N4O3. The van der Waals surface area contributed by atoms with Crippen LogP contribution in [0.1, 0.15) is 16.7 Å². The predicted octanol–water partition coefficient (Wildman–Crippen LogP) is 2.70. The van der Waals surface area contributed by atoms with E-state index in [0.717, 1.165) is 16.8 Å². The van der Waals surface area contributed by atoms with Crippen molar-refractivity contribution in [3.05, 3.63) is 59.2 Å². The van der Waals surface area contributed by atoms with E-state index in [2.05, 4.69) is 10.6 Å². The van der Waals surface area contributed by atoms with Crippen molar-refractivity contribution in [2.75, 3.05) is 44.0 Å². The summed E-state index contributed by atoms with van der Waals surface area (Å²) in [4.78, 5) is 26.6. The van der Waals surface area contributed by atoms with Gasteiger partial charge in [-0.15, -0.1) is 0 Å². The van der Waals surface area contributed by atoms with Crippen molar-refractivity contribution in [1.82, 2.24) is 4.90 Å². The molecule has 0 aliphatic heterocycles. The number of carbonyl (C=O) groups is 2. The van der Waals surface area contributed by atoms with Gasteiger partial charge >= 0.3 is 0 Å². The molecule has 0 aliphatic carbocycles. The van der Waals surface area contributed by atoms with Crippen molar-refractivity contribution in [1.29, 1.82) is 5.26 Å². The minimum Gasteiger partial charge on any atom is -0.383 e. The number of nitrogens with zero attached hydrogens (tertiary/aromatic N) is 2. The number of carbonyl (C=O) groups excluding carboxylic acids is 2. The Labute approximate surface area is 171 Å². The smallest absolute Gasteiger partial charge is 0.238 e. The number of hydrogen-bond donors (Lipinski definition) is 2. The van der Waals surface area contributed by atoms with Crippen molar-refractivity contribution in [3.8, 4) is 6.07 Å². The second kappa shape index (κ2) is 11.0. The average Bonchev–Trinajstić information content (AvgIpc) is 2.69. The van der Waals surface area contributed by atoms with Crippen LogP contribution in [0.5, 0.6) is 0 Å². The lowest BCUT2D eigenvalue weighted by Gasteiger charge is -2.21. The summed E-state index contributed by atoms with van der Waals surface area (Å²) in [5.74, 6) is -0.468. The fourth-order valence-corrected chi connectivity index (χ4v) is 2.78. The average molecular weight is 394 g/mol. The second-order valence-electron chi connectivity index (χ2n) is 6.74. The van der Waals surface area contributed by atoms with Crippen molar-refractivity contribution in [2.45, 2.75) is 13.8 Å². The Balaban J connectivity index is 1.98. The van der Waals surface area contributed by atoms with Gasteiger partial charge in [0, 0.05) is 25.0 Å². The molecule has 0 saturated carbocycles. The van der Waals surface area contributed by atoms with Crippen molar-refractivity contribution in [3.63, 3.8) is 0 Å². The van der Waals surface area contributed by atoms with Gasteiger partial charge in [-0.05, 0) is 49.2 Å². The molecule has 0 saturated heterocycles. The van der Waals surface area contributed by atoms with E-state index in [4.69, 9.17) is 10.00 Å².